The molecule has 2 saturated carbocycles. The molecule has 106 valence electrons. The van der Waals surface area contributed by atoms with E-state index in [1.807, 2.05) is 0 Å². The summed E-state index contributed by atoms with van der Waals surface area (Å²) in [7, 11) is -4.43. The maximum atomic E-state index is 11.2. The first-order chi connectivity index (χ1) is 8.56. The molecule has 2 fully saturated rings. The highest BCUT2D eigenvalue weighted by Crippen LogP contribution is 2.42. The number of hydroxylamine groups is 2. The van der Waals surface area contributed by atoms with Crippen molar-refractivity contribution in [1.82, 2.24) is 5.06 Å². The Hall–Kier alpha value is 0.0700. The molecule has 0 aromatic heterocycles. The van der Waals surface area contributed by atoms with Crippen molar-refractivity contribution in [3.05, 3.63) is 0 Å². The van der Waals surface area contributed by atoms with E-state index >= 15 is 0 Å². The molecule has 0 bridgehead atoms. The van der Waals surface area contributed by atoms with Gasteiger partial charge in [-0.2, -0.15) is 9.69 Å². The molecule has 5 nitrogen and oxygen atoms in total. The quantitative estimate of drug-likeness (QED) is 0.610. The maximum Gasteiger partial charge on any atom is 0.486 e. The largest absolute Gasteiger partial charge is 0.486 e. The topological polar surface area (TPSA) is 70.0 Å². The van der Waals surface area contributed by atoms with Gasteiger partial charge in [0.05, 0.1) is 0 Å². The summed E-state index contributed by atoms with van der Waals surface area (Å²) in [5.41, 5.74) is 0. The van der Waals surface area contributed by atoms with Crippen molar-refractivity contribution in [3.63, 3.8) is 0 Å². The Morgan fingerprint density at radius 2 is 1.22 bits per heavy atom. The van der Waals surface area contributed by atoms with Gasteiger partial charge in [-0.1, -0.05) is 38.5 Å². The molecule has 0 radical (unpaired) electrons. The molecule has 6 heteroatoms. The third kappa shape index (κ3) is 4.32. The van der Waals surface area contributed by atoms with Crippen LogP contribution >= 0.6 is 7.82 Å². The summed E-state index contributed by atoms with van der Waals surface area (Å²) in [6.07, 6.45) is 11.0. The summed E-state index contributed by atoms with van der Waals surface area (Å²) < 4.78 is 16.2. The molecule has 2 rings (SSSR count). The molecule has 0 aromatic rings. The number of hydrogen-bond acceptors (Lipinski definition) is 3. The summed E-state index contributed by atoms with van der Waals surface area (Å²) in [5, 5.41) is 1.67. The number of nitrogens with zero attached hydrogens (tertiary/aromatic N) is 1. The van der Waals surface area contributed by atoms with Crippen molar-refractivity contribution in [3.8, 4) is 0 Å². The Kier molecular flexibility index (Phi) is 5.22. The lowest BCUT2D eigenvalue weighted by molar-refractivity contribution is -0.160. The van der Waals surface area contributed by atoms with Gasteiger partial charge in [-0.25, -0.2) is 4.57 Å². The van der Waals surface area contributed by atoms with Crippen molar-refractivity contribution in [1.29, 1.82) is 0 Å². The summed E-state index contributed by atoms with van der Waals surface area (Å²) in [6.45, 7) is 0. The van der Waals surface area contributed by atoms with Crippen molar-refractivity contribution >= 4 is 7.82 Å². The van der Waals surface area contributed by atoms with Crippen LogP contribution in [0.4, 0.5) is 0 Å². The minimum Gasteiger partial charge on any atom is -0.302 e. The average molecular weight is 277 g/mol. The van der Waals surface area contributed by atoms with E-state index in [0.29, 0.717) is 0 Å². The van der Waals surface area contributed by atoms with Crippen molar-refractivity contribution in [2.75, 3.05) is 0 Å². The molecular weight excluding hydrogens is 253 g/mol. The maximum absolute atomic E-state index is 11.2. The molecule has 0 aromatic carbocycles. The van der Waals surface area contributed by atoms with Gasteiger partial charge in [-0.15, -0.1) is 0 Å². The zero-order chi connectivity index (χ0) is 13.0. The van der Waals surface area contributed by atoms with E-state index in [-0.39, 0.29) is 12.1 Å². The lowest BCUT2D eigenvalue weighted by atomic mass is 9.90. The van der Waals surface area contributed by atoms with E-state index in [2.05, 4.69) is 0 Å². The lowest BCUT2D eigenvalue weighted by Crippen LogP contribution is -2.44. The summed E-state index contributed by atoms with van der Waals surface area (Å²) in [4.78, 5) is 18.2. The summed E-state index contributed by atoms with van der Waals surface area (Å²) >= 11 is 0. The van der Waals surface area contributed by atoms with E-state index in [4.69, 9.17) is 14.4 Å². The van der Waals surface area contributed by atoms with Crippen LogP contribution in [0.3, 0.4) is 0 Å². The Bertz CT molecular complexity index is 276. The van der Waals surface area contributed by atoms with Gasteiger partial charge in [0.2, 0.25) is 0 Å². The third-order valence-electron chi connectivity index (χ3n) is 4.07. The minimum atomic E-state index is -4.43. The first-order valence-corrected chi connectivity index (χ1v) is 8.63. The van der Waals surface area contributed by atoms with E-state index in [1.54, 1.807) is 5.06 Å². The van der Waals surface area contributed by atoms with Gasteiger partial charge in [0.1, 0.15) is 0 Å². The lowest BCUT2D eigenvalue weighted by Gasteiger charge is -2.39. The minimum absolute atomic E-state index is 0.189. The molecule has 0 heterocycles. The van der Waals surface area contributed by atoms with Crippen LogP contribution in [0.5, 0.6) is 0 Å². The Morgan fingerprint density at radius 1 is 0.833 bits per heavy atom. The molecule has 0 aliphatic heterocycles. The zero-order valence-corrected chi connectivity index (χ0v) is 11.7. The normalized spacial score (nSPS) is 24.6. The summed E-state index contributed by atoms with van der Waals surface area (Å²) in [6, 6.07) is 0.379. The van der Waals surface area contributed by atoms with Gasteiger partial charge in [-0.3, -0.25) is 0 Å². The van der Waals surface area contributed by atoms with Crippen LogP contribution in [0.15, 0.2) is 0 Å². The number of rotatable bonds is 4. The van der Waals surface area contributed by atoms with E-state index in [9.17, 15) is 4.57 Å². The second kappa shape index (κ2) is 6.49. The fourth-order valence-corrected chi connectivity index (χ4v) is 3.74. The molecule has 0 amide bonds. The Labute approximate surface area is 109 Å². The number of hydrogen-bond donors (Lipinski definition) is 2. The molecule has 0 saturated heterocycles. The fraction of sp³-hybridized carbons (Fsp3) is 1.00. The van der Waals surface area contributed by atoms with Gasteiger partial charge in [-0.05, 0) is 25.7 Å². The zero-order valence-electron chi connectivity index (χ0n) is 10.8. The van der Waals surface area contributed by atoms with Crippen LogP contribution in [-0.4, -0.2) is 26.9 Å². The molecule has 0 unspecified atom stereocenters. The molecule has 2 aliphatic rings. The van der Waals surface area contributed by atoms with Crippen LogP contribution in [-0.2, 0) is 9.19 Å². The van der Waals surface area contributed by atoms with Crippen LogP contribution in [0.2, 0.25) is 0 Å². The van der Waals surface area contributed by atoms with Gasteiger partial charge in [0.25, 0.3) is 0 Å². The van der Waals surface area contributed by atoms with Crippen LogP contribution in [0.25, 0.3) is 0 Å². The molecule has 18 heavy (non-hydrogen) atoms. The van der Waals surface area contributed by atoms with Gasteiger partial charge in [0.15, 0.2) is 0 Å². The average Bonchev–Trinajstić information content (AvgIpc) is 2.37. The van der Waals surface area contributed by atoms with Crippen molar-refractivity contribution in [2.45, 2.75) is 76.3 Å². The fourth-order valence-electron chi connectivity index (χ4n) is 3.23. The molecular formula is C12H24NO4P. The second-order valence-electron chi connectivity index (χ2n) is 5.52. The highest BCUT2D eigenvalue weighted by Gasteiger charge is 2.34. The van der Waals surface area contributed by atoms with Gasteiger partial charge in [0, 0.05) is 12.1 Å². The summed E-state index contributed by atoms with van der Waals surface area (Å²) in [5.74, 6) is 0. The van der Waals surface area contributed by atoms with Crippen LogP contribution in [0, 0.1) is 0 Å². The molecule has 0 atom stereocenters. The van der Waals surface area contributed by atoms with Gasteiger partial charge >= 0.3 is 7.82 Å². The molecule has 2 aliphatic carbocycles. The van der Waals surface area contributed by atoms with Crippen LogP contribution in [0.1, 0.15) is 64.2 Å². The van der Waals surface area contributed by atoms with Crippen molar-refractivity contribution < 1.29 is 19.0 Å². The first kappa shape index (κ1) is 14.5. The Balaban J connectivity index is 2.02. The van der Waals surface area contributed by atoms with E-state index in [1.165, 1.54) is 12.8 Å². The van der Waals surface area contributed by atoms with E-state index in [0.717, 1.165) is 51.4 Å². The predicted octanol–water partition coefficient (Wildman–Crippen LogP) is 2.98. The van der Waals surface area contributed by atoms with Crippen molar-refractivity contribution in [2.24, 2.45) is 0 Å². The number of phosphoric acid groups is 1. The molecule has 0 spiro atoms. The monoisotopic (exact) mass is 277 g/mol. The predicted molar refractivity (Wildman–Crippen MR) is 68.7 cm³/mol. The smallest absolute Gasteiger partial charge is 0.302 e. The van der Waals surface area contributed by atoms with Gasteiger partial charge < -0.3 is 9.79 Å². The highest BCUT2D eigenvalue weighted by atomic mass is 31.2. The Morgan fingerprint density at radius 3 is 1.56 bits per heavy atom. The second-order valence-corrected chi connectivity index (χ2v) is 6.66. The standard InChI is InChI=1S/C12H24NO4P/c14-18(15,16)17-13(11-7-3-1-4-8-11)12-9-5-2-6-10-12/h11-12H,1-10H2,(H2,14,15,16). The SMILES string of the molecule is O=P(O)(O)ON(C1CCCCC1)C1CCCCC1. The van der Waals surface area contributed by atoms with Crippen LogP contribution < -0.4 is 0 Å². The first-order valence-electron chi connectivity index (χ1n) is 7.10. The highest BCUT2D eigenvalue weighted by molar-refractivity contribution is 7.46. The van der Waals surface area contributed by atoms with E-state index < -0.39 is 7.82 Å². The molecule has 2 N–H and O–H groups in total. The third-order valence-corrected chi connectivity index (χ3v) is 4.47.